The lowest BCUT2D eigenvalue weighted by Gasteiger charge is -2.05. The van der Waals surface area contributed by atoms with Gasteiger partial charge in [0.25, 0.3) is 0 Å². The number of H-pyrrole nitrogens is 1. The predicted octanol–water partition coefficient (Wildman–Crippen LogP) is 6.61. The number of aromatic amines is 1. The summed E-state index contributed by atoms with van der Waals surface area (Å²) in [4.78, 5) is 7.84. The largest absolute Gasteiger partial charge is 0.342 e. The Kier molecular flexibility index (Phi) is 5.07. The topological polar surface area (TPSA) is 28.7 Å². The molecule has 112 valence electrons. The minimum absolute atomic E-state index is 0.743. The summed E-state index contributed by atoms with van der Waals surface area (Å²) in [6, 6.07) is 11.9. The predicted molar refractivity (Wildman–Crippen MR) is 101 cm³/mol. The summed E-state index contributed by atoms with van der Waals surface area (Å²) in [6.45, 7) is 0. The number of aromatic nitrogens is 2. The first-order valence-electron chi connectivity index (χ1n) is 6.46. The van der Waals surface area contributed by atoms with Crippen LogP contribution in [-0.2, 0) is 6.42 Å². The van der Waals surface area contributed by atoms with Gasteiger partial charge in [-0.05, 0) is 61.7 Å². The van der Waals surface area contributed by atoms with Crippen molar-refractivity contribution in [3.8, 4) is 11.3 Å². The molecule has 3 rings (SSSR count). The maximum atomic E-state index is 5.91. The van der Waals surface area contributed by atoms with Crippen molar-refractivity contribution in [3.05, 3.63) is 72.4 Å². The molecule has 22 heavy (non-hydrogen) atoms. The van der Waals surface area contributed by atoms with E-state index in [1.807, 2.05) is 42.6 Å². The molecule has 0 spiro atoms. The fourth-order valence-corrected chi connectivity index (χ4v) is 3.79. The first kappa shape index (κ1) is 16.2. The zero-order valence-electron chi connectivity index (χ0n) is 11.2. The molecule has 0 radical (unpaired) electrons. The third kappa shape index (κ3) is 3.65. The average molecular weight is 505 g/mol. The molecule has 3 aromatic rings. The van der Waals surface area contributed by atoms with Gasteiger partial charge in [0.15, 0.2) is 0 Å². The summed E-state index contributed by atoms with van der Waals surface area (Å²) in [5, 5.41) is 0.743. The molecule has 1 N–H and O–H groups in total. The highest BCUT2D eigenvalue weighted by atomic mass is 79.9. The molecule has 0 aliphatic heterocycles. The molecule has 0 saturated heterocycles. The number of halogens is 4. The maximum absolute atomic E-state index is 5.91. The van der Waals surface area contributed by atoms with Gasteiger partial charge in [0.2, 0.25) is 0 Å². The van der Waals surface area contributed by atoms with Gasteiger partial charge >= 0.3 is 0 Å². The van der Waals surface area contributed by atoms with Gasteiger partial charge in [-0.3, -0.25) is 0 Å². The zero-order valence-corrected chi connectivity index (χ0v) is 16.7. The summed E-state index contributed by atoms with van der Waals surface area (Å²) < 4.78 is 3.01. The number of benzene rings is 2. The molecule has 0 amide bonds. The molecule has 1 heterocycles. The first-order valence-corrected chi connectivity index (χ1v) is 9.22. The van der Waals surface area contributed by atoms with Crippen molar-refractivity contribution in [2.75, 3.05) is 0 Å². The van der Waals surface area contributed by atoms with Crippen LogP contribution in [0.3, 0.4) is 0 Å². The molecule has 2 aromatic carbocycles. The van der Waals surface area contributed by atoms with E-state index in [2.05, 4.69) is 57.8 Å². The second kappa shape index (κ2) is 6.87. The van der Waals surface area contributed by atoms with E-state index in [0.717, 1.165) is 41.9 Å². The van der Waals surface area contributed by atoms with Crippen LogP contribution >= 0.6 is 59.4 Å². The van der Waals surface area contributed by atoms with E-state index in [1.165, 1.54) is 5.56 Å². The maximum Gasteiger partial charge on any atom is 0.110 e. The second-order valence-corrected chi connectivity index (χ2v) is 7.79. The van der Waals surface area contributed by atoms with E-state index < -0.39 is 0 Å². The molecule has 0 aliphatic carbocycles. The van der Waals surface area contributed by atoms with Crippen LogP contribution in [0.4, 0.5) is 0 Å². The van der Waals surface area contributed by atoms with Crippen molar-refractivity contribution in [1.82, 2.24) is 9.97 Å². The van der Waals surface area contributed by atoms with Crippen LogP contribution in [0.15, 0.2) is 56.0 Å². The molecular formula is C16H10Br3ClN2. The van der Waals surface area contributed by atoms with Gasteiger partial charge in [0.05, 0.1) is 11.9 Å². The summed E-state index contributed by atoms with van der Waals surface area (Å²) >= 11 is 16.5. The molecular weight excluding hydrogens is 495 g/mol. The van der Waals surface area contributed by atoms with E-state index in [1.54, 1.807) is 0 Å². The highest BCUT2D eigenvalue weighted by Gasteiger charge is 2.10. The number of rotatable bonds is 3. The lowest BCUT2D eigenvalue weighted by Crippen LogP contribution is -1.90. The minimum atomic E-state index is 0.743. The summed E-state index contributed by atoms with van der Waals surface area (Å²) in [5.41, 5.74) is 3.20. The van der Waals surface area contributed by atoms with Crippen molar-refractivity contribution < 1.29 is 0 Å². The van der Waals surface area contributed by atoms with Crippen molar-refractivity contribution >= 4 is 59.4 Å². The van der Waals surface area contributed by atoms with Gasteiger partial charge in [0, 0.05) is 30.4 Å². The molecule has 0 unspecified atom stereocenters. The van der Waals surface area contributed by atoms with Crippen LogP contribution < -0.4 is 0 Å². The van der Waals surface area contributed by atoms with Crippen LogP contribution in [0.1, 0.15) is 11.4 Å². The van der Waals surface area contributed by atoms with Gasteiger partial charge in [-0.15, -0.1) is 0 Å². The Morgan fingerprint density at radius 2 is 1.64 bits per heavy atom. The Morgan fingerprint density at radius 3 is 2.36 bits per heavy atom. The number of hydrogen-bond donors (Lipinski definition) is 1. The smallest absolute Gasteiger partial charge is 0.110 e. The first-order chi connectivity index (χ1) is 10.5. The summed E-state index contributed by atoms with van der Waals surface area (Å²) in [6.07, 6.45) is 2.60. The molecule has 2 nitrogen and oxygen atoms in total. The fraction of sp³-hybridized carbons (Fsp3) is 0.0625. The van der Waals surface area contributed by atoms with Crippen molar-refractivity contribution in [1.29, 1.82) is 0 Å². The van der Waals surface area contributed by atoms with E-state index >= 15 is 0 Å². The van der Waals surface area contributed by atoms with Gasteiger partial charge < -0.3 is 4.98 Å². The SMILES string of the molecule is Clc1ccc(Cc2ncc(-c3cc(Br)c(Br)cc3Br)[nH]2)cc1. The Labute approximate surface area is 158 Å². The third-order valence-electron chi connectivity index (χ3n) is 3.21. The second-order valence-electron chi connectivity index (χ2n) is 4.79. The quantitative estimate of drug-likeness (QED) is 0.399. The number of imidazole rings is 1. The lowest BCUT2D eigenvalue weighted by molar-refractivity contribution is 1.03. The summed E-state index contributed by atoms with van der Waals surface area (Å²) in [7, 11) is 0. The Balaban J connectivity index is 1.87. The van der Waals surface area contributed by atoms with Crippen molar-refractivity contribution in [2.24, 2.45) is 0 Å². The van der Waals surface area contributed by atoms with Crippen LogP contribution in [0.25, 0.3) is 11.3 Å². The molecule has 1 aromatic heterocycles. The molecule has 0 aliphatic rings. The van der Waals surface area contributed by atoms with Crippen LogP contribution in [0, 0.1) is 0 Å². The number of nitrogens with zero attached hydrogens (tertiary/aromatic N) is 1. The molecule has 0 bridgehead atoms. The fourth-order valence-electron chi connectivity index (χ4n) is 2.11. The highest BCUT2D eigenvalue weighted by Crippen LogP contribution is 2.35. The van der Waals surface area contributed by atoms with Gasteiger partial charge in [-0.2, -0.15) is 0 Å². The number of nitrogens with one attached hydrogen (secondary N) is 1. The summed E-state index contributed by atoms with van der Waals surface area (Å²) in [5.74, 6) is 0.920. The van der Waals surface area contributed by atoms with Crippen molar-refractivity contribution in [2.45, 2.75) is 6.42 Å². The molecule has 0 saturated carbocycles. The van der Waals surface area contributed by atoms with Crippen LogP contribution in [-0.4, -0.2) is 9.97 Å². The number of hydrogen-bond acceptors (Lipinski definition) is 1. The van der Waals surface area contributed by atoms with E-state index in [-0.39, 0.29) is 0 Å². The normalized spacial score (nSPS) is 10.9. The zero-order chi connectivity index (χ0) is 15.7. The minimum Gasteiger partial charge on any atom is -0.342 e. The van der Waals surface area contributed by atoms with Gasteiger partial charge in [-0.1, -0.05) is 39.7 Å². The van der Waals surface area contributed by atoms with E-state index in [4.69, 9.17) is 11.6 Å². The van der Waals surface area contributed by atoms with Crippen LogP contribution in [0.2, 0.25) is 5.02 Å². The van der Waals surface area contributed by atoms with Crippen molar-refractivity contribution in [3.63, 3.8) is 0 Å². The average Bonchev–Trinajstić information content (AvgIpc) is 2.93. The molecule has 0 atom stereocenters. The van der Waals surface area contributed by atoms with Crippen LogP contribution in [0.5, 0.6) is 0 Å². The molecule has 6 heteroatoms. The van der Waals surface area contributed by atoms with Gasteiger partial charge in [0.1, 0.15) is 5.82 Å². The van der Waals surface area contributed by atoms with E-state index in [9.17, 15) is 0 Å². The Bertz CT molecular complexity index is 813. The molecule has 0 fully saturated rings. The Hall–Kier alpha value is -0.620. The third-order valence-corrected chi connectivity index (χ3v) is 5.97. The van der Waals surface area contributed by atoms with Gasteiger partial charge in [-0.25, -0.2) is 4.98 Å². The van der Waals surface area contributed by atoms with E-state index in [0.29, 0.717) is 0 Å². The Morgan fingerprint density at radius 1 is 0.955 bits per heavy atom. The monoisotopic (exact) mass is 502 g/mol. The standard InChI is InChI=1S/C16H10Br3ClN2/c17-12-7-14(19)13(18)6-11(12)15-8-21-16(22-15)5-9-1-3-10(20)4-2-9/h1-4,6-8H,5H2,(H,21,22). The lowest BCUT2D eigenvalue weighted by atomic mass is 10.1. The highest BCUT2D eigenvalue weighted by molar-refractivity contribution is 9.13.